The van der Waals surface area contributed by atoms with E-state index in [0.29, 0.717) is 40.6 Å². The van der Waals surface area contributed by atoms with Crippen LogP contribution in [0.2, 0.25) is 0 Å². The highest BCUT2D eigenvalue weighted by atomic mass is 35.5. The predicted molar refractivity (Wildman–Crippen MR) is 191 cm³/mol. The van der Waals surface area contributed by atoms with E-state index in [4.69, 9.17) is 20.9 Å². The number of phenolic OH excluding ortho intramolecular Hbond substituents is 1. The number of nitrogens with zero attached hydrogens (tertiary/aromatic N) is 2. The number of aromatic carboxylic acids is 1. The molecule has 0 bridgehead atoms. The molecule has 2 aliphatic rings. The molecule has 9 heteroatoms. The fraction of sp³-hybridized carbons (Fsp3) is 0.316. The van der Waals surface area contributed by atoms with E-state index in [1.165, 1.54) is 6.07 Å². The number of phenols is 1. The minimum Gasteiger partial charge on any atom is -0.508 e. The van der Waals surface area contributed by atoms with Crippen LogP contribution >= 0.6 is 11.6 Å². The molecular weight excluding hydrogens is 614 g/mol. The van der Waals surface area contributed by atoms with Gasteiger partial charge in [-0.05, 0) is 113 Å². The Hall–Kier alpha value is -4.69. The summed E-state index contributed by atoms with van der Waals surface area (Å²) in [6.07, 6.45) is 2.40. The van der Waals surface area contributed by atoms with Crippen molar-refractivity contribution in [3.8, 4) is 33.9 Å². The Morgan fingerprint density at radius 2 is 1.68 bits per heavy atom. The molecule has 5 rings (SSSR count). The third-order valence-corrected chi connectivity index (χ3v) is 8.90. The van der Waals surface area contributed by atoms with Gasteiger partial charge in [0.15, 0.2) is 5.75 Å². The molecule has 3 aromatic rings. The number of nitrogens with one attached hydrogen (secondary N) is 1. The van der Waals surface area contributed by atoms with Gasteiger partial charge in [-0.1, -0.05) is 0 Å². The van der Waals surface area contributed by atoms with E-state index in [1.807, 2.05) is 30.3 Å². The normalized spacial score (nSPS) is 11.2. The van der Waals surface area contributed by atoms with Crippen LogP contribution in [0.5, 0.6) is 11.5 Å². The Morgan fingerprint density at radius 3 is 2.38 bits per heavy atom. The number of anilines is 2. The highest BCUT2D eigenvalue weighted by molar-refractivity contribution is 6.17. The van der Waals surface area contributed by atoms with Crippen LogP contribution in [0.3, 0.4) is 0 Å². The van der Waals surface area contributed by atoms with E-state index in [-0.39, 0.29) is 11.3 Å². The van der Waals surface area contributed by atoms with E-state index >= 15 is 0 Å². The first kappa shape index (κ1) is 33.7. The molecule has 246 valence electrons. The van der Waals surface area contributed by atoms with Crippen molar-refractivity contribution in [1.29, 1.82) is 0 Å². The molecule has 3 N–H and O–H groups in total. The fourth-order valence-electron chi connectivity index (χ4n) is 6.09. The van der Waals surface area contributed by atoms with Crippen molar-refractivity contribution in [2.45, 2.75) is 47.0 Å². The molecule has 0 atom stereocenters. The number of benzene rings is 4. The highest BCUT2D eigenvalue weighted by Gasteiger charge is 2.23. The lowest BCUT2D eigenvalue weighted by molar-refractivity contribution is 0.0697. The number of alkyl halides is 1. The van der Waals surface area contributed by atoms with Gasteiger partial charge in [-0.25, -0.2) is 14.9 Å². The predicted octanol–water partition coefficient (Wildman–Crippen LogP) is 8.23. The van der Waals surface area contributed by atoms with E-state index in [9.17, 15) is 15.0 Å². The Morgan fingerprint density at radius 1 is 0.915 bits per heavy atom. The van der Waals surface area contributed by atoms with Crippen molar-refractivity contribution < 1.29 is 24.3 Å². The van der Waals surface area contributed by atoms with Gasteiger partial charge in [-0.15, -0.1) is 11.6 Å². The topological polar surface area (TPSA) is 98.2 Å². The quantitative estimate of drug-likeness (QED) is 0.0277. The molecular formula is C38H43ClN3O5+. The molecule has 0 fully saturated rings. The molecule has 0 unspecified atom stereocenters. The van der Waals surface area contributed by atoms with Crippen LogP contribution in [-0.4, -0.2) is 48.2 Å². The number of carboxylic acid groups (broad SMARTS) is 1. The molecule has 0 spiro atoms. The Bertz CT molecular complexity index is 1910. The molecule has 1 heterocycles. The van der Waals surface area contributed by atoms with Crippen molar-refractivity contribution in [1.82, 2.24) is 4.58 Å². The molecule has 8 nitrogen and oxygen atoms in total. The van der Waals surface area contributed by atoms with Crippen molar-refractivity contribution in [3.63, 3.8) is 0 Å². The molecule has 1 aliphatic heterocycles. The summed E-state index contributed by atoms with van der Waals surface area (Å²) in [5.41, 5.74) is 8.33. The van der Waals surface area contributed by atoms with Gasteiger partial charge in [0.05, 0.1) is 17.3 Å². The van der Waals surface area contributed by atoms with Crippen LogP contribution in [0, 0.1) is 0 Å². The van der Waals surface area contributed by atoms with Gasteiger partial charge in [-0.3, -0.25) is 0 Å². The Kier molecular flexibility index (Phi) is 10.9. The first-order chi connectivity index (χ1) is 22.8. The van der Waals surface area contributed by atoms with Gasteiger partial charge >= 0.3 is 5.97 Å². The summed E-state index contributed by atoms with van der Waals surface area (Å²) in [5, 5.41) is 22.6. The number of halogens is 1. The van der Waals surface area contributed by atoms with E-state index in [2.05, 4.69) is 54.8 Å². The Labute approximate surface area is 280 Å². The van der Waals surface area contributed by atoms with Gasteiger partial charge in [0.1, 0.15) is 30.2 Å². The maximum atomic E-state index is 12.8. The fourth-order valence-corrected chi connectivity index (χ4v) is 6.28. The summed E-state index contributed by atoms with van der Waals surface area (Å²) < 4.78 is 8.82. The molecule has 1 aliphatic carbocycles. The number of fused-ring (bicyclic) bond motifs is 2. The molecule has 0 amide bonds. The maximum Gasteiger partial charge on any atom is 0.336 e. The zero-order chi connectivity index (χ0) is 33.5. The Balaban J connectivity index is 1.61. The van der Waals surface area contributed by atoms with Gasteiger partial charge in [0.2, 0.25) is 5.36 Å². The van der Waals surface area contributed by atoms with Crippen molar-refractivity contribution in [2.24, 2.45) is 0 Å². The van der Waals surface area contributed by atoms with Gasteiger partial charge < -0.3 is 24.4 Å². The number of aromatic hydroxyl groups is 1. The van der Waals surface area contributed by atoms with E-state index in [0.717, 1.165) is 72.1 Å². The summed E-state index contributed by atoms with van der Waals surface area (Å²) in [7, 11) is 0. The first-order valence-corrected chi connectivity index (χ1v) is 16.9. The summed E-state index contributed by atoms with van der Waals surface area (Å²) in [5.74, 6) is 0.733. The zero-order valence-electron chi connectivity index (χ0n) is 27.5. The third-order valence-electron chi connectivity index (χ3n) is 8.63. The van der Waals surface area contributed by atoms with Crippen LogP contribution in [0.1, 0.15) is 56.5 Å². The van der Waals surface area contributed by atoms with Crippen molar-refractivity contribution in [2.75, 3.05) is 42.4 Å². The number of unbranched alkanes of at least 4 members (excludes halogenated alkanes) is 1. The minimum absolute atomic E-state index is 0.103. The zero-order valence-corrected chi connectivity index (χ0v) is 28.2. The lowest BCUT2D eigenvalue weighted by Crippen LogP contribution is -2.29. The lowest BCUT2D eigenvalue weighted by Gasteiger charge is -2.22. The van der Waals surface area contributed by atoms with E-state index in [1.54, 1.807) is 24.3 Å². The van der Waals surface area contributed by atoms with E-state index < -0.39 is 5.97 Å². The van der Waals surface area contributed by atoms with Crippen molar-refractivity contribution in [3.05, 3.63) is 89.3 Å². The second-order valence-corrected chi connectivity index (χ2v) is 11.8. The third kappa shape index (κ3) is 7.33. The number of hydrogen-bond donors (Lipinski definition) is 3. The summed E-state index contributed by atoms with van der Waals surface area (Å²) in [6.45, 7) is 11.9. The number of rotatable bonds is 14. The standard InChI is InChI=1S/C38H42ClN3O5/c1-5-41(6-2)27-13-16-31-35(22-27)46-36-23-28(42(7-3)8-4)14-17-32(36)37(31)30-18-15-29(24-33(30)38(44)45)47-40-26-12-19-34(43)25(21-26)11-9-10-20-39/h12-19,21-24,40H,5-11,20H2,1-4H3,(H-,43,44,45)/p+1. The summed E-state index contributed by atoms with van der Waals surface area (Å²) in [4.78, 5) is 20.9. The molecule has 3 aromatic carbocycles. The molecule has 47 heavy (non-hydrogen) atoms. The SMILES string of the molecule is CCN(CC)c1ccc2c(-c3ccc(ONc4ccc(O)c(CCCCCl)c4)cc3C(=O)O)c3ccc(=[N+](CC)CC)cc-3oc2c1. The maximum absolute atomic E-state index is 12.8. The summed E-state index contributed by atoms with van der Waals surface area (Å²) >= 11 is 5.81. The average molecular weight is 657 g/mol. The van der Waals surface area contributed by atoms with Crippen LogP contribution in [-0.2, 0) is 6.42 Å². The van der Waals surface area contributed by atoms with Crippen LogP contribution in [0.15, 0.2) is 77.2 Å². The van der Waals surface area contributed by atoms with Gasteiger partial charge in [-0.2, -0.15) is 0 Å². The van der Waals surface area contributed by atoms with Gasteiger partial charge in [0, 0.05) is 53.3 Å². The van der Waals surface area contributed by atoms with Crippen LogP contribution in [0.4, 0.5) is 11.4 Å². The number of carboxylic acids is 1. The number of aryl methyl sites for hydroxylation is 1. The lowest BCUT2D eigenvalue weighted by atomic mass is 9.90. The number of hydrogen-bond acceptors (Lipinski definition) is 6. The van der Waals surface area contributed by atoms with Crippen LogP contribution in [0.25, 0.3) is 33.4 Å². The smallest absolute Gasteiger partial charge is 0.336 e. The molecule has 0 saturated carbocycles. The summed E-state index contributed by atoms with van der Waals surface area (Å²) in [6, 6.07) is 22.5. The second kappa shape index (κ2) is 15.3. The molecule has 0 saturated heterocycles. The first-order valence-electron chi connectivity index (χ1n) is 16.3. The second-order valence-electron chi connectivity index (χ2n) is 11.4. The largest absolute Gasteiger partial charge is 0.508 e. The van der Waals surface area contributed by atoms with Crippen molar-refractivity contribution >= 4 is 39.9 Å². The average Bonchev–Trinajstić information content (AvgIpc) is 3.08. The van der Waals surface area contributed by atoms with Crippen LogP contribution < -0.4 is 25.2 Å². The molecule has 0 radical (unpaired) electrons. The van der Waals surface area contributed by atoms with Gasteiger partial charge in [0.25, 0.3) is 0 Å². The minimum atomic E-state index is -1.07. The molecule has 0 aromatic heterocycles. The number of carbonyl (C=O) groups is 1. The highest BCUT2D eigenvalue weighted by Crippen LogP contribution is 2.43. The monoisotopic (exact) mass is 656 g/mol.